The Kier molecular flexibility index (Phi) is 11.3. The van der Waals surface area contributed by atoms with E-state index in [1.54, 1.807) is 11.8 Å². The number of carbonyl (C=O) groups is 2. The highest BCUT2D eigenvalue weighted by Crippen LogP contribution is 2.18. The van der Waals surface area contributed by atoms with Crippen LogP contribution in [-0.2, 0) is 14.3 Å². The Labute approximate surface area is 150 Å². The van der Waals surface area contributed by atoms with Gasteiger partial charge in [0, 0.05) is 17.7 Å². The summed E-state index contributed by atoms with van der Waals surface area (Å²) in [7, 11) is 0. The normalized spacial score (nSPS) is 10.8. The van der Waals surface area contributed by atoms with Gasteiger partial charge in [0.05, 0.1) is 11.9 Å². The number of unbranched alkanes of at least 4 members (excludes halogenated alkanes) is 5. The van der Waals surface area contributed by atoms with E-state index < -0.39 is 0 Å². The number of hydrogen-bond acceptors (Lipinski definition) is 4. The summed E-state index contributed by atoms with van der Waals surface area (Å²) < 4.78 is 5.10. The Hall–Kier alpha value is -1.29. The van der Waals surface area contributed by atoms with Crippen molar-refractivity contribution >= 4 is 23.5 Å². The molecule has 0 N–H and O–H groups in total. The summed E-state index contributed by atoms with van der Waals surface area (Å²) in [5.74, 6) is 0.814. The van der Waals surface area contributed by atoms with Crippen LogP contribution in [0.3, 0.4) is 0 Å². The van der Waals surface area contributed by atoms with Crippen molar-refractivity contribution in [1.29, 1.82) is 0 Å². The monoisotopic (exact) mass is 350 g/mol. The van der Waals surface area contributed by atoms with Crippen molar-refractivity contribution in [1.82, 2.24) is 0 Å². The van der Waals surface area contributed by atoms with E-state index >= 15 is 0 Å². The minimum atomic E-state index is -0.0912. The molecule has 0 amide bonds. The largest absolute Gasteiger partial charge is 0.463 e. The predicted molar refractivity (Wildman–Crippen MR) is 100 cm³/mol. The van der Waals surface area contributed by atoms with Crippen molar-refractivity contribution in [3.05, 3.63) is 30.3 Å². The lowest BCUT2D eigenvalue weighted by Crippen LogP contribution is -2.10. The SMILES string of the molecule is CC(C)OC(=O)CCCCCCCCC(=O)CSc1ccccc1. The van der Waals surface area contributed by atoms with Crippen molar-refractivity contribution in [2.45, 2.75) is 76.2 Å². The Morgan fingerprint density at radius 2 is 1.50 bits per heavy atom. The van der Waals surface area contributed by atoms with E-state index in [4.69, 9.17) is 4.74 Å². The number of rotatable bonds is 13. The fourth-order valence-corrected chi connectivity index (χ4v) is 3.19. The van der Waals surface area contributed by atoms with Crippen molar-refractivity contribution in [3.63, 3.8) is 0 Å². The van der Waals surface area contributed by atoms with Gasteiger partial charge >= 0.3 is 5.97 Å². The van der Waals surface area contributed by atoms with E-state index in [2.05, 4.69) is 0 Å². The molecule has 0 heterocycles. The van der Waals surface area contributed by atoms with Gasteiger partial charge in [0.15, 0.2) is 0 Å². The maximum absolute atomic E-state index is 11.8. The quantitative estimate of drug-likeness (QED) is 0.271. The number of carbonyl (C=O) groups excluding carboxylic acids is 2. The molecule has 0 aliphatic rings. The van der Waals surface area contributed by atoms with Gasteiger partial charge < -0.3 is 4.74 Å². The van der Waals surface area contributed by atoms with Gasteiger partial charge in [0.25, 0.3) is 0 Å². The summed E-state index contributed by atoms with van der Waals surface area (Å²) >= 11 is 1.62. The van der Waals surface area contributed by atoms with Gasteiger partial charge in [-0.25, -0.2) is 0 Å². The predicted octanol–water partition coefficient (Wildman–Crippen LogP) is 5.42. The lowest BCUT2D eigenvalue weighted by molar-refractivity contribution is -0.147. The summed E-state index contributed by atoms with van der Waals surface area (Å²) in [6.07, 6.45) is 7.48. The van der Waals surface area contributed by atoms with Crippen LogP contribution in [-0.4, -0.2) is 23.6 Å². The van der Waals surface area contributed by atoms with Gasteiger partial charge in [0.1, 0.15) is 5.78 Å². The third-order valence-electron chi connectivity index (χ3n) is 3.60. The topological polar surface area (TPSA) is 43.4 Å². The van der Waals surface area contributed by atoms with Gasteiger partial charge in [-0.15, -0.1) is 11.8 Å². The van der Waals surface area contributed by atoms with Crippen molar-refractivity contribution in [3.8, 4) is 0 Å². The highest BCUT2D eigenvalue weighted by Gasteiger charge is 2.05. The first-order valence-corrected chi connectivity index (χ1v) is 9.95. The number of hydrogen-bond donors (Lipinski definition) is 0. The number of benzene rings is 1. The van der Waals surface area contributed by atoms with E-state index in [0.717, 1.165) is 43.4 Å². The molecule has 24 heavy (non-hydrogen) atoms. The second kappa shape index (κ2) is 13.1. The molecule has 3 nitrogen and oxygen atoms in total. The molecule has 0 atom stereocenters. The molecule has 0 aliphatic carbocycles. The zero-order valence-electron chi connectivity index (χ0n) is 15.0. The molecule has 0 saturated heterocycles. The van der Waals surface area contributed by atoms with E-state index in [0.29, 0.717) is 24.4 Å². The fourth-order valence-electron chi connectivity index (χ4n) is 2.37. The van der Waals surface area contributed by atoms with Crippen LogP contribution in [0.25, 0.3) is 0 Å². The van der Waals surface area contributed by atoms with Crippen molar-refractivity contribution in [2.24, 2.45) is 0 Å². The molecule has 4 heteroatoms. The molecule has 1 aromatic carbocycles. The summed E-state index contributed by atoms with van der Waals surface area (Å²) in [5, 5.41) is 0. The molecule has 1 rings (SSSR count). The lowest BCUT2D eigenvalue weighted by Gasteiger charge is -2.07. The smallest absolute Gasteiger partial charge is 0.306 e. The van der Waals surface area contributed by atoms with E-state index in [-0.39, 0.29) is 12.1 Å². The molecule has 0 radical (unpaired) electrons. The highest BCUT2D eigenvalue weighted by atomic mass is 32.2. The second-order valence-corrected chi connectivity index (χ2v) is 7.35. The van der Waals surface area contributed by atoms with Crippen LogP contribution in [0.5, 0.6) is 0 Å². The summed E-state index contributed by atoms with van der Waals surface area (Å²) in [6, 6.07) is 10.0. The van der Waals surface area contributed by atoms with Gasteiger partial charge in [-0.1, -0.05) is 43.9 Å². The number of Topliss-reactive ketones (excluding diaryl/α,β-unsaturated/α-hetero) is 1. The van der Waals surface area contributed by atoms with Crippen LogP contribution in [0.1, 0.15) is 65.2 Å². The molecular weight excluding hydrogens is 320 g/mol. The van der Waals surface area contributed by atoms with Crippen LogP contribution in [0, 0.1) is 0 Å². The molecule has 1 aromatic rings. The van der Waals surface area contributed by atoms with E-state index in [1.165, 1.54) is 0 Å². The summed E-state index contributed by atoms with van der Waals surface area (Å²) in [6.45, 7) is 3.75. The minimum Gasteiger partial charge on any atom is -0.463 e. The maximum Gasteiger partial charge on any atom is 0.306 e. The Bertz CT molecular complexity index is 471. The first kappa shape index (κ1) is 20.8. The van der Waals surface area contributed by atoms with E-state index in [9.17, 15) is 9.59 Å². The van der Waals surface area contributed by atoms with Crippen LogP contribution in [0.4, 0.5) is 0 Å². The molecule has 0 aromatic heterocycles. The first-order chi connectivity index (χ1) is 11.6. The maximum atomic E-state index is 11.8. The van der Waals surface area contributed by atoms with Gasteiger partial charge in [0.2, 0.25) is 0 Å². The molecule has 0 unspecified atom stereocenters. The van der Waals surface area contributed by atoms with Crippen molar-refractivity contribution in [2.75, 3.05) is 5.75 Å². The van der Waals surface area contributed by atoms with E-state index in [1.807, 2.05) is 44.2 Å². The number of ketones is 1. The standard InChI is InChI=1S/C20H30O3S/c1-17(2)23-20(22)15-11-6-4-3-5-8-12-18(21)16-24-19-13-9-7-10-14-19/h7,9-10,13-14,17H,3-6,8,11-12,15-16H2,1-2H3. The molecule has 0 fully saturated rings. The summed E-state index contributed by atoms with van der Waals surface area (Å²) in [5.41, 5.74) is 0. The fraction of sp³-hybridized carbons (Fsp3) is 0.600. The third-order valence-corrected chi connectivity index (χ3v) is 4.67. The zero-order valence-corrected chi connectivity index (χ0v) is 15.8. The average Bonchev–Trinajstić information content (AvgIpc) is 2.55. The number of thioether (sulfide) groups is 1. The van der Waals surface area contributed by atoms with Crippen LogP contribution in [0.15, 0.2) is 35.2 Å². The van der Waals surface area contributed by atoms with Crippen LogP contribution < -0.4 is 0 Å². The zero-order chi connectivity index (χ0) is 17.6. The van der Waals surface area contributed by atoms with Gasteiger partial charge in [-0.2, -0.15) is 0 Å². The van der Waals surface area contributed by atoms with Crippen LogP contribution >= 0.6 is 11.8 Å². The Balaban J connectivity index is 1.91. The van der Waals surface area contributed by atoms with Gasteiger partial charge in [-0.05, 0) is 38.8 Å². The minimum absolute atomic E-state index is 0.0184. The van der Waals surface area contributed by atoms with Crippen LogP contribution in [0.2, 0.25) is 0 Å². The Morgan fingerprint density at radius 3 is 2.12 bits per heavy atom. The lowest BCUT2D eigenvalue weighted by atomic mass is 10.1. The summed E-state index contributed by atoms with van der Waals surface area (Å²) in [4.78, 5) is 24.4. The second-order valence-electron chi connectivity index (χ2n) is 6.30. The molecule has 134 valence electrons. The van der Waals surface area contributed by atoms with Gasteiger partial charge in [-0.3, -0.25) is 9.59 Å². The first-order valence-electron chi connectivity index (χ1n) is 8.97. The third kappa shape index (κ3) is 11.3. The highest BCUT2D eigenvalue weighted by molar-refractivity contribution is 8.00. The Morgan fingerprint density at radius 1 is 0.917 bits per heavy atom. The number of ether oxygens (including phenoxy) is 1. The molecule has 0 aliphatic heterocycles. The molecule has 0 saturated carbocycles. The molecule has 0 bridgehead atoms. The average molecular weight is 351 g/mol. The van der Waals surface area contributed by atoms with Crippen molar-refractivity contribution < 1.29 is 14.3 Å². The molecular formula is C20H30O3S. The molecule has 0 spiro atoms. The number of esters is 1.